The van der Waals surface area contributed by atoms with E-state index in [9.17, 15) is 20.1 Å². The summed E-state index contributed by atoms with van der Waals surface area (Å²) in [5.74, 6) is -0.935. The lowest BCUT2D eigenvalue weighted by molar-refractivity contribution is -0.113. The zero-order valence-electron chi connectivity index (χ0n) is 21.0. The molecular formula is C33H24N4O2. The average molecular weight is 509 g/mol. The Bertz CT molecular complexity index is 1470. The number of nitriles is 2. The molecular weight excluding hydrogens is 484 g/mol. The van der Waals surface area contributed by atoms with Crippen LogP contribution in [0.15, 0.2) is 120 Å². The van der Waals surface area contributed by atoms with Crippen molar-refractivity contribution >= 4 is 35.3 Å². The number of carbonyl (C=O) groups excluding carboxylic acids is 2. The molecule has 0 unspecified atom stereocenters. The van der Waals surface area contributed by atoms with Crippen molar-refractivity contribution in [3.63, 3.8) is 0 Å². The highest BCUT2D eigenvalue weighted by Crippen LogP contribution is 2.18. The Morgan fingerprint density at radius 1 is 0.564 bits per heavy atom. The van der Waals surface area contributed by atoms with Gasteiger partial charge in [0.15, 0.2) is 0 Å². The van der Waals surface area contributed by atoms with Crippen molar-refractivity contribution in [2.75, 3.05) is 10.6 Å². The maximum absolute atomic E-state index is 12.5. The number of nitrogens with zero attached hydrogens (tertiary/aromatic N) is 2. The van der Waals surface area contributed by atoms with E-state index in [1.54, 1.807) is 36.4 Å². The van der Waals surface area contributed by atoms with E-state index in [1.165, 1.54) is 0 Å². The molecule has 0 fully saturated rings. The molecule has 39 heavy (non-hydrogen) atoms. The van der Waals surface area contributed by atoms with Gasteiger partial charge < -0.3 is 10.6 Å². The van der Waals surface area contributed by atoms with Crippen LogP contribution in [0.4, 0.5) is 11.4 Å². The van der Waals surface area contributed by atoms with Crippen LogP contribution in [0.25, 0.3) is 12.2 Å². The number of rotatable bonds is 8. The normalized spacial score (nSPS) is 11.1. The quantitative estimate of drug-likeness (QED) is 0.213. The zero-order valence-corrected chi connectivity index (χ0v) is 21.0. The molecule has 0 atom stereocenters. The molecule has 0 bridgehead atoms. The van der Waals surface area contributed by atoms with Crippen molar-refractivity contribution in [2.24, 2.45) is 0 Å². The molecule has 4 aromatic carbocycles. The summed E-state index contributed by atoms with van der Waals surface area (Å²) < 4.78 is 0. The van der Waals surface area contributed by atoms with Gasteiger partial charge in [0.1, 0.15) is 23.3 Å². The van der Waals surface area contributed by atoms with Crippen LogP contribution >= 0.6 is 0 Å². The fourth-order valence-corrected chi connectivity index (χ4v) is 3.77. The van der Waals surface area contributed by atoms with Gasteiger partial charge in [-0.3, -0.25) is 9.59 Å². The summed E-state index contributed by atoms with van der Waals surface area (Å²) in [4.78, 5) is 25.1. The van der Waals surface area contributed by atoms with Crippen LogP contribution in [0.3, 0.4) is 0 Å². The molecule has 0 aliphatic carbocycles. The second kappa shape index (κ2) is 13.0. The maximum Gasteiger partial charge on any atom is 0.266 e. The molecule has 0 saturated heterocycles. The fraction of sp³-hybridized carbons (Fsp3) is 0.0303. The standard InChI is InChI=1S/C33H24N4O2/c34-22-28(20-24-7-3-1-4-8-24)32(38)36-30-15-11-26(12-16-30)19-27-13-17-31(18-14-27)37-33(39)29(23-35)21-25-9-5-2-6-10-25/h1-18,20-21H,19H2,(H,36,38)(H,37,39). The molecule has 0 aliphatic rings. The lowest BCUT2D eigenvalue weighted by atomic mass is 10.0. The Hall–Kier alpha value is -5.72. The monoisotopic (exact) mass is 508 g/mol. The molecule has 0 aromatic heterocycles. The molecule has 0 heterocycles. The van der Waals surface area contributed by atoms with E-state index >= 15 is 0 Å². The highest BCUT2D eigenvalue weighted by molar-refractivity contribution is 6.10. The summed E-state index contributed by atoms with van der Waals surface area (Å²) in [6.45, 7) is 0. The third-order valence-corrected chi connectivity index (χ3v) is 5.78. The Kier molecular flexibility index (Phi) is 8.79. The molecule has 0 spiro atoms. The number of nitrogens with one attached hydrogen (secondary N) is 2. The molecule has 2 N–H and O–H groups in total. The third-order valence-electron chi connectivity index (χ3n) is 5.78. The van der Waals surface area contributed by atoms with Gasteiger partial charge in [0.25, 0.3) is 11.8 Å². The van der Waals surface area contributed by atoms with Crippen molar-refractivity contribution in [2.45, 2.75) is 6.42 Å². The van der Waals surface area contributed by atoms with Gasteiger partial charge in [-0.05, 0) is 65.1 Å². The Morgan fingerprint density at radius 2 is 0.923 bits per heavy atom. The first kappa shape index (κ1) is 26.3. The minimum Gasteiger partial charge on any atom is -0.321 e. The number of anilines is 2. The molecule has 0 radical (unpaired) electrons. The van der Waals surface area contributed by atoms with Crippen molar-refractivity contribution in [1.82, 2.24) is 0 Å². The first-order valence-electron chi connectivity index (χ1n) is 12.2. The van der Waals surface area contributed by atoms with Gasteiger partial charge >= 0.3 is 0 Å². The van der Waals surface area contributed by atoms with E-state index in [2.05, 4.69) is 10.6 Å². The lowest BCUT2D eigenvalue weighted by Gasteiger charge is -2.08. The number of carbonyl (C=O) groups is 2. The summed E-state index contributed by atoms with van der Waals surface area (Å²) in [6, 6.07) is 37.1. The summed E-state index contributed by atoms with van der Waals surface area (Å²) >= 11 is 0. The van der Waals surface area contributed by atoms with Crippen molar-refractivity contribution in [1.29, 1.82) is 10.5 Å². The molecule has 188 valence electrons. The van der Waals surface area contributed by atoms with Gasteiger partial charge in [-0.2, -0.15) is 10.5 Å². The minimum absolute atomic E-state index is 0.0231. The van der Waals surface area contributed by atoms with Crippen LogP contribution in [0.5, 0.6) is 0 Å². The average Bonchev–Trinajstić information content (AvgIpc) is 2.97. The Labute approximate surface area is 227 Å². The second-order valence-corrected chi connectivity index (χ2v) is 8.64. The minimum atomic E-state index is -0.468. The highest BCUT2D eigenvalue weighted by atomic mass is 16.2. The van der Waals surface area contributed by atoms with E-state index in [-0.39, 0.29) is 11.1 Å². The van der Waals surface area contributed by atoms with E-state index in [0.29, 0.717) is 17.8 Å². The van der Waals surface area contributed by atoms with Crippen LogP contribution in [-0.2, 0) is 16.0 Å². The molecule has 4 rings (SSSR count). The van der Waals surface area contributed by atoms with E-state index < -0.39 is 11.8 Å². The topological polar surface area (TPSA) is 106 Å². The SMILES string of the molecule is N#CC(=Cc1ccccc1)C(=O)Nc1ccc(Cc2ccc(NC(=O)C(C#N)=Cc3ccccc3)cc2)cc1. The van der Waals surface area contributed by atoms with Crippen LogP contribution < -0.4 is 10.6 Å². The number of hydrogen-bond acceptors (Lipinski definition) is 4. The van der Waals surface area contributed by atoms with Crippen LogP contribution in [-0.4, -0.2) is 11.8 Å². The Balaban J connectivity index is 1.34. The van der Waals surface area contributed by atoms with Gasteiger partial charge in [0.05, 0.1) is 0 Å². The van der Waals surface area contributed by atoms with E-state index in [4.69, 9.17) is 0 Å². The van der Waals surface area contributed by atoms with Crippen molar-refractivity contribution in [3.8, 4) is 12.1 Å². The lowest BCUT2D eigenvalue weighted by Crippen LogP contribution is -2.13. The first-order valence-corrected chi connectivity index (χ1v) is 12.2. The van der Waals surface area contributed by atoms with Gasteiger partial charge in [-0.25, -0.2) is 0 Å². The predicted molar refractivity (Wildman–Crippen MR) is 153 cm³/mol. The maximum atomic E-state index is 12.5. The molecule has 0 saturated carbocycles. The summed E-state index contributed by atoms with van der Waals surface area (Å²) in [6.07, 6.45) is 3.75. The third kappa shape index (κ3) is 7.63. The largest absolute Gasteiger partial charge is 0.321 e. The van der Waals surface area contributed by atoms with E-state index in [0.717, 1.165) is 22.3 Å². The van der Waals surface area contributed by atoms with Gasteiger partial charge in [-0.15, -0.1) is 0 Å². The van der Waals surface area contributed by atoms with Crippen molar-refractivity contribution < 1.29 is 9.59 Å². The summed E-state index contributed by atoms with van der Waals surface area (Å²) in [5, 5.41) is 24.3. The predicted octanol–water partition coefficient (Wildman–Crippen LogP) is 6.37. The molecule has 0 aliphatic heterocycles. The van der Waals surface area contributed by atoms with Gasteiger partial charge in [0.2, 0.25) is 0 Å². The van der Waals surface area contributed by atoms with Crippen LogP contribution in [0.2, 0.25) is 0 Å². The van der Waals surface area contributed by atoms with Gasteiger partial charge in [0, 0.05) is 11.4 Å². The van der Waals surface area contributed by atoms with E-state index in [1.807, 2.05) is 97.1 Å². The number of benzene rings is 4. The highest BCUT2D eigenvalue weighted by Gasteiger charge is 2.11. The zero-order chi connectivity index (χ0) is 27.5. The molecule has 6 heteroatoms. The summed E-state index contributed by atoms with van der Waals surface area (Å²) in [7, 11) is 0. The Morgan fingerprint density at radius 3 is 1.26 bits per heavy atom. The van der Waals surface area contributed by atoms with Crippen molar-refractivity contribution in [3.05, 3.63) is 143 Å². The number of hydrogen-bond donors (Lipinski definition) is 2. The van der Waals surface area contributed by atoms with Crippen LogP contribution in [0.1, 0.15) is 22.3 Å². The summed E-state index contributed by atoms with van der Waals surface area (Å²) in [5.41, 5.74) is 4.84. The van der Waals surface area contributed by atoms with Gasteiger partial charge in [-0.1, -0.05) is 84.9 Å². The second-order valence-electron chi connectivity index (χ2n) is 8.64. The first-order chi connectivity index (χ1) is 19.0. The smallest absolute Gasteiger partial charge is 0.266 e. The molecule has 4 aromatic rings. The molecule has 6 nitrogen and oxygen atoms in total. The fourth-order valence-electron chi connectivity index (χ4n) is 3.77. The number of amides is 2. The molecule has 2 amide bonds. The van der Waals surface area contributed by atoms with Crippen LogP contribution in [0, 0.1) is 22.7 Å².